The Balaban J connectivity index is 1.80. The summed E-state index contributed by atoms with van der Waals surface area (Å²) in [6, 6.07) is 7.62. The standard InChI is InChI=1S/C17H21ClN2O3S/c1-23-14-4-2-3-13(11-14)20-16(22)12-24-17(20)6-9-19(10-7-17)15(21)5-8-18/h2-4,11H,5-10,12H2,1H3. The van der Waals surface area contributed by atoms with Crippen molar-refractivity contribution in [1.29, 1.82) is 0 Å². The molecule has 0 atom stereocenters. The summed E-state index contributed by atoms with van der Waals surface area (Å²) in [6.07, 6.45) is 1.92. The number of anilines is 1. The van der Waals surface area contributed by atoms with Crippen molar-refractivity contribution in [2.24, 2.45) is 0 Å². The molecule has 2 aliphatic rings. The molecular formula is C17H21ClN2O3S. The van der Waals surface area contributed by atoms with Gasteiger partial charge in [0.15, 0.2) is 0 Å². The molecule has 24 heavy (non-hydrogen) atoms. The lowest BCUT2D eigenvalue weighted by Crippen LogP contribution is -2.53. The van der Waals surface area contributed by atoms with Gasteiger partial charge in [-0.25, -0.2) is 0 Å². The summed E-state index contributed by atoms with van der Waals surface area (Å²) < 4.78 is 5.29. The number of rotatable bonds is 4. The molecule has 1 spiro atoms. The van der Waals surface area contributed by atoms with E-state index < -0.39 is 0 Å². The van der Waals surface area contributed by atoms with Crippen LogP contribution in [0.3, 0.4) is 0 Å². The zero-order chi connectivity index (χ0) is 17.2. The van der Waals surface area contributed by atoms with E-state index in [4.69, 9.17) is 16.3 Å². The number of carbonyl (C=O) groups excluding carboxylic acids is 2. The average molecular weight is 369 g/mol. The first-order chi connectivity index (χ1) is 11.6. The third-order valence-electron chi connectivity index (χ3n) is 4.64. The first-order valence-corrected chi connectivity index (χ1v) is 9.56. The predicted octanol–water partition coefficient (Wildman–Crippen LogP) is 2.72. The highest BCUT2D eigenvalue weighted by atomic mass is 35.5. The summed E-state index contributed by atoms with van der Waals surface area (Å²) in [5.41, 5.74) is 0.866. The minimum atomic E-state index is -0.263. The Morgan fingerprint density at radius 2 is 2.12 bits per heavy atom. The molecule has 5 nitrogen and oxygen atoms in total. The van der Waals surface area contributed by atoms with Crippen molar-refractivity contribution in [3.8, 4) is 5.75 Å². The number of piperidine rings is 1. The molecule has 7 heteroatoms. The Morgan fingerprint density at radius 3 is 2.79 bits per heavy atom. The third-order valence-corrected chi connectivity index (χ3v) is 6.35. The van der Waals surface area contributed by atoms with E-state index in [9.17, 15) is 9.59 Å². The largest absolute Gasteiger partial charge is 0.497 e. The van der Waals surface area contributed by atoms with Crippen molar-refractivity contribution in [3.05, 3.63) is 24.3 Å². The van der Waals surface area contributed by atoms with E-state index in [2.05, 4.69) is 0 Å². The van der Waals surface area contributed by atoms with E-state index in [-0.39, 0.29) is 16.7 Å². The molecule has 2 saturated heterocycles. The number of likely N-dealkylation sites (tertiary alicyclic amines) is 1. The van der Waals surface area contributed by atoms with E-state index in [1.807, 2.05) is 34.1 Å². The zero-order valence-electron chi connectivity index (χ0n) is 13.7. The van der Waals surface area contributed by atoms with Crippen LogP contribution in [0.2, 0.25) is 0 Å². The van der Waals surface area contributed by atoms with Gasteiger partial charge in [-0.1, -0.05) is 6.07 Å². The van der Waals surface area contributed by atoms with Gasteiger partial charge in [-0.05, 0) is 25.0 Å². The van der Waals surface area contributed by atoms with Crippen LogP contribution in [-0.2, 0) is 9.59 Å². The maximum absolute atomic E-state index is 12.5. The Kier molecular flexibility index (Phi) is 5.25. The van der Waals surface area contributed by atoms with Gasteiger partial charge >= 0.3 is 0 Å². The maximum atomic E-state index is 12.5. The maximum Gasteiger partial charge on any atom is 0.238 e. The number of benzene rings is 1. The molecule has 2 amide bonds. The SMILES string of the molecule is COc1cccc(N2C(=O)CSC23CCN(C(=O)CCCl)CC3)c1. The topological polar surface area (TPSA) is 49.9 Å². The van der Waals surface area contributed by atoms with Gasteiger partial charge in [0.05, 0.1) is 17.7 Å². The molecule has 2 fully saturated rings. The summed E-state index contributed by atoms with van der Waals surface area (Å²) in [4.78, 5) is 28.1. The number of ether oxygens (including phenoxy) is 1. The van der Waals surface area contributed by atoms with Gasteiger partial charge in [0.1, 0.15) is 5.75 Å². The molecule has 0 saturated carbocycles. The van der Waals surface area contributed by atoms with Crippen LogP contribution in [0.25, 0.3) is 0 Å². The number of carbonyl (C=O) groups is 2. The van der Waals surface area contributed by atoms with Crippen LogP contribution in [0.15, 0.2) is 24.3 Å². The quantitative estimate of drug-likeness (QED) is 0.767. The van der Waals surface area contributed by atoms with Gasteiger partial charge in [-0.15, -0.1) is 23.4 Å². The van der Waals surface area contributed by atoms with Crippen LogP contribution >= 0.6 is 23.4 Å². The molecule has 2 heterocycles. The van der Waals surface area contributed by atoms with E-state index in [1.54, 1.807) is 18.9 Å². The number of alkyl halides is 1. The molecule has 0 radical (unpaired) electrons. The highest BCUT2D eigenvalue weighted by Crippen LogP contribution is 2.47. The fraction of sp³-hybridized carbons (Fsp3) is 0.529. The van der Waals surface area contributed by atoms with Crippen molar-refractivity contribution in [2.45, 2.75) is 24.1 Å². The normalized spacial score (nSPS) is 19.8. The number of amides is 2. The minimum Gasteiger partial charge on any atom is -0.497 e. The number of thioether (sulfide) groups is 1. The average Bonchev–Trinajstić information content (AvgIpc) is 2.92. The molecule has 0 aromatic heterocycles. The lowest BCUT2D eigenvalue weighted by molar-refractivity contribution is -0.131. The Labute approximate surface area is 151 Å². The Morgan fingerprint density at radius 1 is 1.38 bits per heavy atom. The van der Waals surface area contributed by atoms with Crippen LogP contribution in [0.1, 0.15) is 19.3 Å². The van der Waals surface area contributed by atoms with Crippen molar-refractivity contribution in [3.63, 3.8) is 0 Å². The second-order valence-electron chi connectivity index (χ2n) is 5.99. The minimum absolute atomic E-state index is 0.0992. The summed E-state index contributed by atoms with van der Waals surface area (Å²) in [7, 11) is 1.62. The molecular weight excluding hydrogens is 348 g/mol. The molecule has 1 aromatic rings. The Hall–Kier alpha value is -1.40. The predicted molar refractivity (Wildman–Crippen MR) is 96.8 cm³/mol. The summed E-state index contributed by atoms with van der Waals surface area (Å²) >= 11 is 7.36. The van der Waals surface area contributed by atoms with Crippen molar-refractivity contribution in [2.75, 3.05) is 36.7 Å². The molecule has 3 rings (SSSR count). The summed E-state index contributed by atoms with van der Waals surface area (Å²) in [6.45, 7) is 1.33. The smallest absolute Gasteiger partial charge is 0.238 e. The number of halogens is 1. The van der Waals surface area contributed by atoms with Gasteiger partial charge in [-0.3, -0.25) is 14.5 Å². The van der Waals surface area contributed by atoms with Gasteiger partial charge in [-0.2, -0.15) is 0 Å². The molecule has 1 aromatic carbocycles. The first kappa shape index (κ1) is 17.4. The zero-order valence-corrected chi connectivity index (χ0v) is 15.2. The van der Waals surface area contributed by atoms with E-state index in [0.717, 1.165) is 24.3 Å². The van der Waals surface area contributed by atoms with Gasteiger partial charge < -0.3 is 9.64 Å². The number of methoxy groups -OCH3 is 1. The fourth-order valence-corrected chi connectivity index (χ4v) is 4.88. The van der Waals surface area contributed by atoms with Crippen LogP contribution in [0.5, 0.6) is 5.75 Å². The highest BCUT2D eigenvalue weighted by molar-refractivity contribution is 8.02. The lowest BCUT2D eigenvalue weighted by atomic mass is 10.0. The van der Waals surface area contributed by atoms with Gasteiger partial charge in [0, 0.05) is 37.1 Å². The summed E-state index contributed by atoms with van der Waals surface area (Å²) in [5, 5.41) is 0. The van der Waals surface area contributed by atoms with E-state index in [1.165, 1.54) is 0 Å². The van der Waals surface area contributed by atoms with E-state index >= 15 is 0 Å². The van der Waals surface area contributed by atoms with E-state index in [0.29, 0.717) is 31.1 Å². The summed E-state index contributed by atoms with van der Waals surface area (Å²) in [5.74, 6) is 1.79. The number of hydrogen-bond acceptors (Lipinski definition) is 4. The molecule has 0 unspecified atom stereocenters. The first-order valence-electron chi connectivity index (χ1n) is 8.04. The van der Waals surface area contributed by atoms with Crippen molar-refractivity contribution < 1.29 is 14.3 Å². The van der Waals surface area contributed by atoms with Gasteiger partial charge in [0.25, 0.3) is 0 Å². The molecule has 2 aliphatic heterocycles. The van der Waals surface area contributed by atoms with Gasteiger partial charge in [0.2, 0.25) is 11.8 Å². The monoisotopic (exact) mass is 368 g/mol. The molecule has 130 valence electrons. The molecule has 0 bridgehead atoms. The van der Waals surface area contributed by atoms with Crippen molar-refractivity contribution >= 4 is 40.9 Å². The second-order valence-corrected chi connectivity index (χ2v) is 7.70. The lowest BCUT2D eigenvalue weighted by Gasteiger charge is -2.44. The third kappa shape index (κ3) is 3.22. The molecule has 0 aliphatic carbocycles. The second kappa shape index (κ2) is 7.23. The molecule has 0 N–H and O–H groups in total. The van der Waals surface area contributed by atoms with Crippen LogP contribution in [0, 0.1) is 0 Å². The Bertz CT molecular complexity index is 632. The fourth-order valence-electron chi connectivity index (χ4n) is 3.39. The van der Waals surface area contributed by atoms with Crippen LogP contribution in [0.4, 0.5) is 5.69 Å². The number of hydrogen-bond donors (Lipinski definition) is 0. The highest BCUT2D eigenvalue weighted by Gasteiger charge is 2.49. The van der Waals surface area contributed by atoms with Crippen LogP contribution in [-0.4, -0.2) is 53.4 Å². The van der Waals surface area contributed by atoms with Crippen LogP contribution < -0.4 is 9.64 Å². The number of nitrogens with zero attached hydrogens (tertiary/aromatic N) is 2. The van der Waals surface area contributed by atoms with Crippen molar-refractivity contribution in [1.82, 2.24) is 4.90 Å².